The Hall–Kier alpha value is -0.600. The summed E-state index contributed by atoms with van der Waals surface area (Å²) < 4.78 is 10.8. The van der Waals surface area contributed by atoms with Crippen molar-refractivity contribution >= 4 is 0 Å². The second-order valence-electron chi connectivity index (χ2n) is 4.11. The lowest BCUT2D eigenvalue weighted by Crippen LogP contribution is -2.43. The third-order valence-corrected chi connectivity index (χ3v) is 2.74. The predicted octanol–water partition coefficient (Wildman–Crippen LogP) is 0.973. The molecule has 0 radical (unpaired) electrons. The van der Waals surface area contributed by atoms with Crippen molar-refractivity contribution in [1.82, 2.24) is 10.2 Å². The maximum atomic E-state index is 5.41. The zero-order valence-corrected chi connectivity index (χ0v) is 12.1. The van der Waals surface area contributed by atoms with Crippen LogP contribution in [0.2, 0.25) is 0 Å². The van der Waals surface area contributed by atoms with E-state index in [-0.39, 0.29) is 0 Å². The highest BCUT2D eigenvalue weighted by molar-refractivity contribution is 4.87. The molecule has 0 bridgehead atoms. The molecule has 0 aliphatic rings. The van der Waals surface area contributed by atoms with Crippen LogP contribution in [0.3, 0.4) is 0 Å². The predicted molar refractivity (Wildman–Crippen MR) is 75.7 cm³/mol. The first kappa shape index (κ1) is 17.4. The highest BCUT2D eigenvalue weighted by Crippen LogP contribution is 1.98. The Morgan fingerprint density at radius 1 is 1.17 bits per heavy atom. The van der Waals surface area contributed by atoms with E-state index in [0.29, 0.717) is 12.6 Å². The third-order valence-electron chi connectivity index (χ3n) is 2.74. The molecule has 4 nitrogen and oxygen atoms in total. The van der Waals surface area contributed by atoms with E-state index in [1.54, 1.807) is 0 Å². The molecule has 0 heterocycles. The smallest absolute Gasteiger partial charge is 0.0593 e. The third kappa shape index (κ3) is 9.43. The molecule has 1 N–H and O–H groups in total. The highest BCUT2D eigenvalue weighted by Gasteiger charge is 2.12. The van der Waals surface area contributed by atoms with Gasteiger partial charge in [0.2, 0.25) is 0 Å². The molecule has 18 heavy (non-hydrogen) atoms. The summed E-state index contributed by atoms with van der Waals surface area (Å²) in [4.78, 5) is 2.37. The van der Waals surface area contributed by atoms with Crippen molar-refractivity contribution in [3.8, 4) is 12.3 Å². The lowest BCUT2D eigenvalue weighted by atomic mass is 10.2. The number of hydrogen-bond donors (Lipinski definition) is 1. The standard InChI is InChI=1S/C14H28N2O2/c1-5-8-15-13-14(4)16(9-11-17-6-2)10-12-18-7-3/h1,14-15H,6-13H2,2-4H3. The molecule has 0 aromatic carbocycles. The van der Waals surface area contributed by atoms with Crippen LogP contribution in [0.5, 0.6) is 0 Å². The van der Waals surface area contributed by atoms with E-state index in [2.05, 4.69) is 23.1 Å². The highest BCUT2D eigenvalue weighted by atomic mass is 16.5. The Balaban J connectivity index is 3.95. The average molecular weight is 256 g/mol. The van der Waals surface area contributed by atoms with Crippen molar-refractivity contribution in [2.24, 2.45) is 0 Å². The van der Waals surface area contributed by atoms with E-state index in [4.69, 9.17) is 15.9 Å². The number of hydrogen-bond acceptors (Lipinski definition) is 4. The van der Waals surface area contributed by atoms with Gasteiger partial charge in [0.05, 0.1) is 19.8 Å². The van der Waals surface area contributed by atoms with Gasteiger partial charge in [-0.3, -0.25) is 4.90 Å². The molecule has 1 atom stereocenters. The summed E-state index contributed by atoms with van der Waals surface area (Å²) in [6.45, 7) is 12.7. The maximum Gasteiger partial charge on any atom is 0.0593 e. The summed E-state index contributed by atoms with van der Waals surface area (Å²) in [7, 11) is 0. The van der Waals surface area contributed by atoms with Crippen LogP contribution in [0.1, 0.15) is 20.8 Å². The SMILES string of the molecule is C#CCNCC(C)N(CCOCC)CCOCC. The zero-order chi connectivity index (χ0) is 13.6. The van der Waals surface area contributed by atoms with Gasteiger partial charge in [-0.2, -0.15) is 0 Å². The molecule has 0 aromatic rings. The Morgan fingerprint density at radius 2 is 1.72 bits per heavy atom. The van der Waals surface area contributed by atoms with E-state index in [9.17, 15) is 0 Å². The fraction of sp³-hybridized carbons (Fsp3) is 0.857. The van der Waals surface area contributed by atoms with Crippen LogP contribution in [0.15, 0.2) is 0 Å². The van der Waals surface area contributed by atoms with E-state index >= 15 is 0 Å². The van der Waals surface area contributed by atoms with E-state index in [0.717, 1.165) is 46.1 Å². The maximum absolute atomic E-state index is 5.41. The molecule has 0 spiro atoms. The topological polar surface area (TPSA) is 33.7 Å². The summed E-state index contributed by atoms with van der Waals surface area (Å²) in [5.74, 6) is 2.59. The number of nitrogens with one attached hydrogen (secondary N) is 1. The molecule has 0 fully saturated rings. The van der Waals surface area contributed by atoms with Gasteiger partial charge < -0.3 is 14.8 Å². The summed E-state index contributed by atoms with van der Waals surface area (Å²) in [5, 5.41) is 3.24. The normalized spacial score (nSPS) is 12.6. The van der Waals surface area contributed by atoms with Gasteiger partial charge in [-0.1, -0.05) is 5.92 Å². The molecule has 0 saturated carbocycles. The Morgan fingerprint density at radius 3 is 2.17 bits per heavy atom. The molecule has 0 rings (SSSR count). The van der Waals surface area contributed by atoms with Crippen LogP contribution in [0.25, 0.3) is 0 Å². The van der Waals surface area contributed by atoms with Crippen LogP contribution in [0.4, 0.5) is 0 Å². The number of terminal acetylenes is 1. The van der Waals surface area contributed by atoms with E-state index < -0.39 is 0 Å². The van der Waals surface area contributed by atoms with Crippen molar-refractivity contribution < 1.29 is 9.47 Å². The van der Waals surface area contributed by atoms with Crippen LogP contribution in [-0.4, -0.2) is 63.5 Å². The van der Waals surface area contributed by atoms with Gasteiger partial charge in [0.25, 0.3) is 0 Å². The lowest BCUT2D eigenvalue weighted by Gasteiger charge is -2.29. The summed E-state index contributed by atoms with van der Waals surface area (Å²) in [6.07, 6.45) is 5.22. The van der Waals surface area contributed by atoms with E-state index in [1.165, 1.54) is 0 Å². The van der Waals surface area contributed by atoms with Crippen LogP contribution in [0, 0.1) is 12.3 Å². The Kier molecular flexibility index (Phi) is 12.4. The van der Waals surface area contributed by atoms with Crippen molar-refractivity contribution in [2.75, 3.05) is 52.6 Å². The number of nitrogens with zero attached hydrogens (tertiary/aromatic N) is 1. The molecule has 0 aliphatic carbocycles. The molecule has 106 valence electrons. The Bertz CT molecular complexity index is 206. The summed E-state index contributed by atoms with van der Waals surface area (Å²) in [6, 6.07) is 0.430. The molecule has 0 saturated heterocycles. The second-order valence-corrected chi connectivity index (χ2v) is 4.11. The lowest BCUT2D eigenvalue weighted by molar-refractivity contribution is 0.0664. The van der Waals surface area contributed by atoms with Crippen molar-refractivity contribution in [2.45, 2.75) is 26.8 Å². The molecule has 0 aliphatic heterocycles. The first-order chi connectivity index (χ1) is 8.76. The molecule has 0 aromatic heterocycles. The van der Waals surface area contributed by atoms with Crippen LogP contribution < -0.4 is 5.32 Å². The summed E-state index contributed by atoms with van der Waals surface area (Å²) in [5.41, 5.74) is 0. The second kappa shape index (κ2) is 12.8. The van der Waals surface area contributed by atoms with Gasteiger partial charge >= 0.3 is 0 Å². The quantitative estimate of drug-likeness (QED) is 0.417. The van der Waals surface area contributed by atoms with Crippen molar-refractivity contribution in [3.05, 3.63) is 0 Å². The minimum Gasteiger partial charge on any atom is -0.380 e. The van der Waals surface area contributed by atoms with Crippen LogP contribution >= 0.6 is 0 Å². The summed E-state index contributed by atoms with van der Waals surface area (Å²) >= 11 is 0. The minimum atomic E-state index is 0.430. The molecular weight excluding hydrogens is 228 g/mol. The van der Waals surface area contributed by atoms with Gasteiger partial charge in [0.1, 0.15) is 0 Å². The molecule has 1 unspecified atom stereocenters. The van der Waals surface area contributed by atoms with Gasteiger partial charge in [-0.15, -0.1) is 6.42 Å². The molecule has 0 amide bonds. The first-order valence-corrected chi connectivity index (χ1v) is 6.79. The zero-order valence-electron chi connectivity index (χ0n) is 12.1. The largest absolute Gasteiger partial charge is 0.380 e. The van der Waals surface area contributed by atoms with Gasteiger partial charge in [-0.25, -0.2) is 0 Å². The minimum absolute atomic E-state index is 0.430. The van der Waals surface area contributed by atoms with Crippen LogP contribution in [-0.2, 0) is 9.47 Å². The van der Waals surface area contributed by atoms with Gasteiger partial charge in [-0.05, 0) is 20.8 Å². The van der Waals surface area contributed by atoms with E-state index in [1.807, 2.05) is 13.8 Å². The number of rotatable bonds is 12. The number of ether oxygens (including phenoxy) is 2. The monoisotopic (exact) mass is 256 g/mol. The molecule has 4 heteroatoms. The Labute approximate surface area is 112 Å². The average Bonchev–Trinajstić information content (AvgIpc) is 2.37. The molecular formula is C14H28N2O2. The van der Waals surface area contributed by atoms with Crippen molar-refractivity contribution in [1.29, 1.82) is 0 Å². The van der Waals surface area contributed by atoms with Gasteiger partial charge in [0, 0.05) is 38.9 Å². The first-order valence-electron chi connectivity index (χ1n) is 6.79. The van der Waals surface area contributed by atoms with Crippen molar-refractivity contribution in [3.63, 3.8) is 0 Å². The fourth-order valence-corrected chi connectivity index (χ4v) is 1.69. The van der Waals surface area contributed by atoms with Gasteiger partial charge in [0.15, 0.2) is 0 Å². The fourth-order valence-electron chi connectivity index (χ4n) is 1.69.